The molecule has 7 N–H and O–H groups in total. The van der Waals surface area contributed by atoms with Crippen LogP contribution in [-0.2, 0) is 25.6 Å². The van der Waals surface area contributed by atoms with Gasteiger partial charge in [0, 0.05) is 31.8 Å². The number of aromatic nitrogens is 1. The van der Waals surface area contributed by atoms with Crippen molar-refractivity contribution in [1.29, 1.82) is 0 Å². The lowest BCUT2D eigenvalue weighted by Gasteiger charge is -2.35. The van der Waals surface area contributed by atoms with E-state index in [9.17, 15) is 24.3 Å². The van der Waals surface area contributed by atoms with Crippen LogP contribution < -0.4 is 26.8 Å². The highest BCUT2D eigenvalue weighted by molar-refractivity contribution is 7.13. The standard InChI is InChI=1S/C41H58N6O6S/c1-25(29-15-17-30(18-16-29)37-26(2)44-24-54-37)45-39(51)34-22-31(48)23-47(34)40(52)38(41(4,5)6)46-36(50)14-9-7-8-11-28-12-10-13-32(21-28)53-27(3)33(42)19-20-35(43)49/h10,12-13,15-18,21,24-25,27,31,33-34,38,48H,7-9,11,14,19-20,22-23,42H2,1-6H3,(H2,43,49)(H,45,51)(H,46,50)/t25-,27+,31+,33-,34-,38+/m0/s1. The number of benzene rings is 2. The van der Waals surface area contributed by atoms with E-state index in [2.05, 4.69) is 15.6 Å². The Bertz CT molecular complexity index is 1720. The molecule has 0 aliphatic carbocycles. The molecule has 4 rings (SSSR count). The lowest BCUT2D eigenvalue weighted by atomic mass is 9.85. The fourth-order valence-corrected chi connectivity index (χ4v) is 7.47. The van der Waals surface area contributed by atoms with Gasteiger partial charge >= 0.3 is 0 Å². The summed E-state index contributed by atoms with van der Waals surface area (Å²) in [6.45, 7) is 11.4. The van der Waals surface area contributed by atoms with Crippen LogP contribution in [0, 0.1) is 12.3 Å². The third-order valence-electron chi connectivity index (χ3n) is 9.98. The van der Waals surface area contributed by atoms with E-state index in [1.165, 1.54) is 4.90 Å². The quantitative estimate of drug-likeness (QED) is 0.113. The molecule has 3 aromatic rings. The number of likely N-dealkylation sites (tertiary alicyclic amines) is 1. The number of carbonyl (C=O) groups excluding carboxylic acids is 4. The first kappa shape index (κ1) is 42.4. The Labute approximate surface area is 323 Å². The predicted octanol–water partition coefficient (Wildman–Crippen LogP) is 4.95. The number of aliphatic hydroxyl groups excluding tert-OH is 1. The maximum atomic E-state index is 14.0. The Balaban J connectivity index is 1.26. The molecule has 2 heterocycles. The molecule has 0 bridgehead atoms. The van der Waals surface area contributed by atoms with Gasteiger partial charge in [0.25, 0.3) is 0 Å². The number of rotatable bonds is 18. The summed E-state index contributed by atoms with van der Waals surface area (Å²) < 4.78 is 6.01. The number of aliphatic hydroxyl groups is 1. The van der Waals surface area contributed by atoms with Gasteiger partial charge in [-0.1, -0.05) is 63.6 Å². The number of amides is 4. The Morgan fingerprint density at radius 2 is 1.76 bits per heavy atom. The number of primary amides is 1. The second-order valence-electron chi connectivity index (χ2n) is 15.6. The second-order valence-corrected chi connectivity index (χ2v) is 16.4. The molecular weight excluding hydrogens is 705 g/mol. The van der Waals surface area contributed by atoms with Crippen LogP contribution in [0.3, 0.4) is 0 Å². The van der Waals surface area contributed by atoms with Gasteiger partial charge in [-0.25, -0.2) is 4.98 Å². The minimum atomic E-state index is -0.875. The zero-order chi connectivity index (χ0) is 39.6. The molecule has 12 nitrogen and oxygen atoms in total. The van der Waals surface area contributed by atoms with Gasteiger partial charge in [-0.15, -0.1) is 11.3 Å². The summed E-state index contributed by atoms with van der Waals surface area (Å²) >= 11 is 1.58. The monoisotopic (exact) mass is 762 g/mol. The minimum Gasteiger partial charge on any atom is -0.489 e. The first-order valence-electron chi connectivity index (χ1n) is 18.9. The molecule has 2 aromatic carbocycles. The van der Waals surface area contributed by atoms with Crippen LogP contribution in [0.15, 0.2) is 54.0 Å². The number of ether oxygens (including phenoxy) is 1. The molecule has 0 unspecified atom stereocenters. The zero-order valence-corrected chi connectivity index (χ0v) is 33.3. The fourth-order valence-electron chi connectivity index (χ4n) is 6.66. The second kappa shape index (κ2) is 19.3. The maximum absolute atomic E-state index is 14.0. The number of β-amino-alcohol motifs (C(OH)–C–C–N with tert-alkyl or cyclic N) is 1. The van der Waals surface area contributed by atoms with Crippen LogP contribution in [0.2, 0.25) is 0 Å². The summed E-state index contributed by atoms with van der Waals surface area (Å²) in [4.78, 5) is 58.7. The van der Waals surface area contributed by atoms with Gasteiger partial charge in [0.2, 0.25) is 23.6 Å². The number of unbranched alkanes of at least 4 members (excludes halogenated alkanes) is 2. The van der Waals surface area contributed by atoms with Crippen molar-refractivity contribution in [1.82, 2.24) is 20.5 Å². The predicted molar refractivity (Wildman–Crippen MR) is 211 cm³/mol. The first-order chi connectivity index (χ1) is 25.5. The molecule has 1 aliphatic rings. The van der Waals surface area contributed by atoms with Crippen LogP contribution in [-0.4, -0.2) is 75.5 Å². The van der Waals surface area contributed by atoms with Gasteiger partial charge in [0.15, 0.2) is 0 Å². The normalized spacial score (nSPS) is 18.0. The van der Waals surface area contributed by atoms with Crippen molar-refractivity contribution in [2.24, 2.45) is 16.9 Å². The van der Waals surface area contributed by atoms with E-state index in [1.54, 1.807) is 11.3 Å². The summed E-state index contributed by atoms with van der Waals surface area (Å²) in [7, 11) is 0. The van der Waals surface area contributed by atoms with Gasteiger partial charge in [0.05, 0.1) is 28.2 Å². The number of nitrogens with one attached hydrogen (secondary N) is 2. The van der Waals surface area contributed by atoms with Crippen LogP contribution in [0.5, 0.6) is 5.75 Å². The lowest BCUT2D eigenvalue weighted by Crippen LogP contribution is -2.57. The number of hydrogen-bond acceptors (Lipinski definition) is 9. The largest absolute Gasteiger partial charge is 0.489 e. The number of hydrogen-bond donors (Lipinski definition) is 5. The summed E-state index contributed by atoms with van der Waals surface area (Å²) in [5.41, 5.74) is 16.6. The van der Waals surface area contributed by atoms with Crippen molar-refractivity contribution < 1.29 is 29.0 Å². The molecule has 1 saturated heterocycles. The smallest absolute Gasteiger partial charge is 0.246 e. The Morgan fingerprint density at radius 1 is 1.04 bits per heavy atom. The molecule has 294 valence electrons. The maximum Gasteiger partial charge on any atom is 0.246 e. The summed E-state index contributed by atoms with van der Waals surface area (Å²) in [5.74, 6) is -0.630. The van der Waals surface area contributed by atoms with E-state index in [-0.39, 0.29) is 67.6 Å². The van der Waals surface area contributed by atoms with Crippen LogP contribution in [0.1, 0.15) is 102 Å². The van der Waals surface area contributed by atoms with E-state index in [4.69, 9.17) is 16.2 Å². The number of aryl methyl sites for hydroxylation is 2. The Hall–Kier alpha value is -4.33. The van der Waals surface area contributed by atoms with E-state index >= 15 is 0 Å². The average molecular weight is 763 g/mol. The highest BCUT2D eigenvalue weighted by Gasteiger charge is 2.44. The SMILES string of the molecule is Cc1ncsc1-c1ccc([C@H](C)NC(=O)[C@@H]2C[C@@H](O)CN2C(=O)[C@@H](NC(=O)CCCCCc2cccc(O[C@H](C)[C@@H](N)CCC(N)=O)c2)C(C)(C)C)cc1. The van der Waals surface area contributed by atoms with Gasteiger partial charge in [-0.05, 0) is 80.7 Å². The van der Waals surface area contributed by atoms with Crippen molar-refractivity contribution in [3.63, 3.8) is 0 Å². The summed E-state index contributed by atoms with van der Waals surface area (Å²) in [6, 6.07) is 13.4. The third kappa shape index (κ3) is 12.1. The minimum absolute atomic E-state index is 0.0178. The van der Waals surface area contributed by atoms with E-state index in [0.717, 1.165) is 46.5 Å². The number of nitrogens with zero attached hydrogens (tertiary/aromatic N) is 2. The van der Waals surface area contributed by atoms with Crippen LogP contribution in [0.4, 0.5) is 0 Å². The van der Waals surface area contributed by atoms with Gasteiger partial charge < -0.3 is 36.8 Å². The van der Waals surface area contributed by atoms with Crippen molar-refractivity contribution in [3.8, 4) is 16.2 Å². The Kier molecular flexibility index (Phi) is 15.2. The van der Waals surface area contributed by atoms with Crippen LogP contribution in [0.25, 0.3) is 10.4 Å². The summed E-state index contributed by atoms with van der Waals surface area (Å²) in [6.07, 6.45) is 3.06. The molecule has 0 radical (unpaired) electrons. The molecular formula is C41H58N6O6S. The van der Waals surface area contributed by atoms with Gasteiger partial charge in [-0.2, -0.15) is 0 Å². The molecule has 4 amide bonds. The topological polar surface area (TPSA) is 190 Å². The molecule has 13 heteroatoms. The molecule has 1 aliphatic heterocycles. The number of nitrogens with two attached hydrogens (primary N) is 2. The average Bonchev–Trinajstić information content (AvgIpc) is 3.73. The highest BCUT2D eigenvalue weighted by atomic mass is 32.1. The van der Waals surface area contributed by atoms with E-state index in [1.807, 2.05) is 95.6 Å². The molecule has 0 saturated carbocycles. The zero-order valence-electron chi connectivity index (χ0n) is 32.5. The molecule has 1 fully saturated rings. The first-order valence-corrected chi connectivity index (χ1v) is 19.8. The van der Waals surface area contributed by atoms with E-state index < -0.39 is 23.6 Å². The Morgan fingerprint density at radius 3 is 2.41 bits per heavy atom. The molecule has 1 aromatic heterocycles. The van der Waals surface area contributed by atoms with E-state index in [0.29, 0.717) is 18.6 Å². The van der Waals surface area contributed by atoms with Crippen molar-refractivity contribution in [3.05, 3.63) is 70.9 Å². The van der Waals surface area contributed by atoms with Crippen LogP contribution >= 0.6 is 11.3 Å². The molecule has 54 heavy (non-hydrogen) atoms. The molecule has 0 spiro atoms. The fraction of sp³-hybridized carbons (Fsp3) is 0.537. The van der Waals surface area contributed by atoms with Gasteiger partial charge in [-0.3, -0.25) is 19.2 Å². The highest BCUT2D eigenvalue weighted by Crippen LogP contribution is 2.30. The van der Waals surface area contributed by atoms with Crippen molar-refractivity contribution in [2.75, 3.05) is 6.54 Å². The molecule has 6 atom stereocenters. The lowest BCUT2D eigenvalue weighted by molar-refractivity contribution is -0.144. The number of thiazole rings is 1. The number of carbonyl (C=O) groups is 4. The summed E-state index contributed by atoms with van der Waals surface area (Å²) in [5, 5.41) is 16.6. The third-order valence-corrected chi connectivity index (χ3v) is 11.0. The van der Waals surface area contributed by atoms with Gasteiger partial charge in [0.1, 0.15) is 23.9 Å². The van der Waals surface area contributed by atoms with Crippen molar-refractivity contribution in [2.45, 2.75) is 129 Å². The van der Waals surface area contributed by atoms with Crippen molar-refractivity contribution >= 4 is 35.0 Å².